The molecule has 0 aromatic heterocycles. The van der Waals surface area contributed by atoms with Crippen molar-refractivity contribution in [1.29, 1.82) is 0 Å². The van der Waals surface area contributed by atoms with Gasteiger partial charge in [0.25, 0.3) is 0 Å². The molecule has 0 heterocycles. The lowest BCUT2D eigenvalue weighted by Gasteiger charge is -2.29. The Balaban J connectivity index is 4.38. The van der Waals surface area contributed by atoms with Crippen LogP contribution in [0.4, 0.5) is 0 Å². The average Bonchev–Trinajstić information content (AvgIpc) is 2.34. The Morgan fingerprint density at radius 1 is 0.944 bits per heavy atom. The van der Waals surface area contributed by atoms with Crippen molar-refractivity contribution in [1.82, 2.24) is 5.32 Å². The maximum atomic E-state index is 5.74. The van der Waals surface area contributed by atoms with Gasteiger partial charge in [0.05, 0.1) is 6.04 Å². The van der Waals surface area contributed by atoms with Gasteiger partial charge in [0.1, 0.15) is 0 Å². The first-order chi connectivity index (χ1) is 8.69. The van der Waals surface area contributed by atoms with Crippen molar-refractivity contribution in [2.24, 2.45) is 5.92 Å². The standard InChI is InChI=1S/C15H33NO2/c1-6-10-13(5)12-14(16-11-7-2)15(17-8-3)18-9-4/h13-16H,6-12H2,1-5H3. The SMILES string of the molecule is CCCNC(CC(C)CCC)C(OCC)OCC. The first-order valence-corrected chi connectivity index (χ1v) is 7.65. The van der Waals surface area contributed by atoms with Crippen LogP contribution in [-0.4, -0.2) is 32.1 Å². The van der Waals surface area contributed by atoms with Gasteiger partial charge >= 0.3 is 0 Å². The third kappa shape index (κ3) is 8.06. The van der Waals surface area contributed by atoms with Gasteiger partial charge in [-0.3, -0.25) is 0 Å². The topological polar surface area (TPSA) is 30.5 Å². The van der Waals surface area contributed by atoms with Crippen molar-refractivity contribution in [3.63, 3.8) is 0 Å². The van der Waals surface area contributed by atoms with Gasteiger partial charge in [-0.25, -0.2) is 0 Å². The zero-order valence-electron chi connectivity index (χ0n) is 13.0. The van der Waals surface area contributed by atoms with Gasteiger partial charge in [-0.2, -0.15) is 0 Å². The highest BCUT2D eigenvalue weighted by atomic mass is 16.7. The lowest BCUT2D eigenvalue weighted by Crippen LogP contribution is -2.44. The van der Waals surface area contributed by atoms with E-state index in [4.69, 9.17) is 9.47 Å². The second-order valence-electron chi connectivity index (χ2n) is 4.97. The minimum atomic E-state index is -0.106. The Labute approximate surface area is 114 Å². The summed E-state index contributed by atoms with van der Waals surface area (Å²) < 4.78 is 11.5. The summed E-state index contributed by atoms with van der Waals surface area (Å²) in [6.07, 6.45) is 4.68. The molecule has 0 amide bonds. The van der Waals surface area contributed by atoms with Gasteiger partial charge < -0.3 is 14.8 Å². The van der Waals surface area contributed by atoms with E-state index in [1.54, 1.807) is 0 Å². The molecule has 0 rings (SSSR count). The molecule has 0 saturated carbocycles. The Morgan fingerprint density at radius 2 is 1.56 bits per heavy atom. The van der Waals surface area contributed by atoms with Gasteiger partial charge in [0.2, 0.25) is 0 Å². The first-order valence-electron chi connectivity index (χ1n) is 7.65. The Kier molecular flexibility index (Phi) is 11.9. The molecule has 0 aliphatic heterocycles. The molecule has 2 unspecified atom stereocenters. The van der Waals surface area contributed by atoms with E-state index in [-0.39, 0.29) is 6.29 Å². The van der Waals surface area contributed by atoms with Crippen molar-refractivity contribution in [3.05, 3.63) is 0 Å². The van der Waals surface area contributed by atoms with Gasteiger partial charge in [-0.15, -0.1) is 0 Å². The molecule has 0 saturated heterocycles. The maximum Gasteiger partial charge on any atom is 0.172 e. The van der Waals surface area contributed by atoms with E-state index >= 15 is 0 Å². The van der Waals surface area contributed by atoms with Crippen LogP contribution in [-0.2, 0) is 9.47 Å². The van der Waals surface area contributed by atoms with E-state index in [0.29, 0.717) is 25.2 Å². The zero-order chi connectivity index (χ0) is 13.8. The molecular formula is C15H33NO2. The molecule has 2 atom stereocenters. The number of hydrogen-bond acceptors (Lipinski definition) is 3. The largest absolute Gasteiger partial charge is 0.351 e. The van der Waals surface area contributed by atoms with Crippen LogP contribution in [0.2, 0.25) is 0 Å². The summed E-state index contributed by atoms with van der Waals surface area (Å²) in [6, 6.07) is 0.311. The van der Waals surface area contributed by atoms with Crippen molar-refractivity contribution in [2.75, 3.05) is 19.8 Å². The quantitative estimate of drug-likeness (QED) is 0.543. The Hall–Kier alpha value is -0.120. The molecule has 18 heavy (non-hydrogen) atoms. The molecule has 0 fully saturated rings. The number of ether oxygens (including phenoxy) is 2. The summed E-state index contributed by atoms with van der Waals surface area (Å²) in [5, 5.41) is 3.58. The molecule has 3 heteroatoms. The van der Waals surface area contributed by atoms with Crippen LogP contribution < -0.4 is 5.32 Å². The van der Waals surface area contributed by atoms with Gasteiger partial charge in [-0.05, 0) is 39.2 Å². The van der Waals surface area contributed by atoms with Crippen LogP contribution in [0.1, 0.15) is 60.3 Å². The van der Waals surface area contributed by atoms with Gasteiger partial charge in [-0.1, -0.05) is 33.6 Å². The van der Waals surface area contributed by atoms with Crippen molar-refractivity contribution < 1.29 is 9.47 Å². The molecule has 0 aromatic rings. The van der Waals surface area contributed by atoms with E-state index in [1.807, 2.05) is 13.8 Å². The van der Waals surface area contributed by atoms with Crippen LogP contribution in [0, 0.1) is 5.92 Å². The third-order valence-corrected chi connectivity index (χ3v) is 3.08. The minimum absolute atomic E-state index is 0.106. The van der Waals surface area contributed by atoms with Crippen LogP contribution in [0.3, 0.4) is 0 Å². The number of nitrogens with one attached hydrogen (secondary N) is 1. The summed E-state index contributed by atoms with van der Waals surface area (Å²) in [4.78, 5) is 0. The maximum absolute atomic E-state index is 5.74. The first kappa shape index (κ1) is 17.9. The lowest BCUT2D eigenvalue weighted by atomic mass is 9.96. The van der Waals surface area contributed by atoms with Crippen molar-refractivity contribution in [3.8, 4) is 0 Å². The van der Waals surface area contributed by atoms with Crippen LogP contribution in [0.15, 0.2) is 0 Å². The Morgan fingerprint density at radius 3 is 2.00 bits per heavy atom. The fourth-order valence-corrected chi connectivity index (χ4v) is 2.27. The van der Waals surface area contributed by atoms with E-state index < -0.39 is 0 Å². The molecule has 0 aliphatic rings. The van der Waals surface area contributed by atoms with Crippen LogP contribution in [0.5, 0.6) is 0 Å². The Bertz CT molecular complexity index is 170. The highest BCUT2D eigenvalue weighted by Crippen LogP contribution is 2.17. The molecular weight excluding hydrogens is 226 g/mol. The normalized spacial score (nSPS) is 15.0. The second kappa shape index (κ2) is 11.9. The highest BCUT2D eigenvalue weighted by Gasteiger charge is 2.23. The lowest BCUT2D eigenvalue weighted by molar-refractivity contribution is -0.156. The average molecular weight is 259 g/mol. The van der Waals surface area contributed by atoms with E-state index in [1.165, 1.54) is 12.8 Å². The predicted molar refractivity (Wildman–Crippen MR) is 77.8 cm³/mol. The fraction of sp³-hybridized carbons (Fsp3) is 1.00. The zero-order valence-corrected chi connectivity index (χ0v) is 13.0. The number of rotatable bonds is 12. The fourth-order valence-electron chi connectivity index (χ4n) is 2.27. The predicted octanol–water partition coefficient (Wildman–Crippen LogP) is 3.58. The monoisotopic (exact) mass is 259 g/mol. The molecule has 110 valence electrons. The summed E-state index contributed by atoms with van der Waals surface area (Å²) in [5.74, 6) is 0.716. The van der Waals surface area contributed by atoms with Crippen LogP contribution in [0.25, 0.3) is 0 Å². The summed E-state index contributed by atoms with van der Waals surface area (Å²) in [7, 11) is 0. The molecule has 0 spiro atoms. The minimum Gasteiger partial charge on any atom is -0.351 e. The molecule has 1 N–H and O–H groups in total. The van der Waals surface area contributed by atoms with Crippen molar-refractivity contribution >= 4 is 0 Å². The van der Waals surface area contributed by atoms with Gasteiger partial charge in [0, 0.05) is 13.2 Å². The molecule has 0 aliphatic carbocycles. The summed E-state index contributed by atoms with van der Waals surface area (Å²) in [5.41, 5.74) is 0. The third-order valence-electron chi connectivity index (χ3n) is 3.08. The summed E-state index contributed by atoms with van der Waals surface area (Å²) >= 11 is 0. The molecule has 0 bridgehead atoms. The molecule has 0 aromatic carbocycles. The smallest absolute Gasteiger partial charge is 0.172 e. The van der Waals surface area contributed by atoms with E-state index in [0.717, 1.165) is 19.4 Å². The van der Waals surface area contributed by atoms with E-state index in [9.17, 15) is 0 Å². The van der Waals surface area contributed by atoms with Gasteiger partial charge in [0.15, 0.2) is 6.29 Å². The molecule has 0 radical (unpaired) electrons. The highest BCUT2D eigenvalue weighted by molar-refractivity contribution is 4.74. The second-order valence-corrected chi connectivity index (χ2v) is 4.97. The van der Waals surface area contributed by atoms with Crippen molar-refractivity contribution in [2.45, 2.75) is 72.6 Å². The van der Waals surface area contributed by atoms with Crippen LogP contribution >= 0.6 is 0 Å². The molecule has 3 nitrogen and oxygen atoms in total. The number of hydrogen-bond donors (Lipinski definition) is 1. The summed E-state index contributed by atoms with van der Waals surface area (Å²) in [6.45, 7) is 13.2. The van der Waals surface area contributed by atoms with E-state index in [2.05, 4.69) is 26.1 Å².